The van der Waals surface area contributed by atoms with Crippen LogP contribution < -0.4 is 9.47 Å². The zero-order valence-electron chi connectivity index (χ0n) is 23.4. The van der Waals surface area contributed by atoms with Crippen LogP contribution >= 0.6 is 0 Å². The summed E-state index contributed by atoms with van der Waals surface area (Å²) in [5.74, 6) is -5.20. The average Bonchev–Trinajstić information content (AvgIpc) is 3.53. The Hall–Kier alpha value is -3.77. The fraction of sp³-hybridized carbons (Fsp3) is 0.406. The molecular weight excluding hydrogens is 594 g/mol. The number of benzene rings is 3. The lowest BCUT2D eigenvalue weighted by atomic mass is 9.95. The van der Waals surface area contributed by atoms with Crippen LogP contribution in [0.15, 0.2) is 36.4 Å². The lowest BCUT2D eigenvalue weighted by Crippen LogP contribution is -2.50. The number of aliphatic carboxylic acids is 1. The summed E-state index contributed by atoms with van der Waals surface area (Å²) in [7, 11) is 0. The Kier molecular flexibility index (Phi) is 7.56. The van der Waals surface area contributed by atoms with Gasteiger partial charge in [0.15, 0.2) is 0 Å². The summed E-state index contributed by atoms with van der Waals surface area (Å²) in [5, 5.41) is 19.5. The highest BCUT2D eigenvalue weighted by Gasteiger charge is 2.59. The number of carbonyl (C=O) groups is 1. The lowest BCUT2D eigenvalue weighted by Gasteiger charge is -2.36. The van der Waals surface area contributed by atoms with Crippen molar-refractivity contribution >= 4 is 5.97 Å². The summed E-state index contributed by atoms with van der Waals surface area (Å²) in [5.41, 5.74) is -2.36. The third kappa shape index (κ3) is 5.49. The van der Waals surface area contributed by atoms with Gasteiger partial charge in [0.25, 0.3) is 0 Å². The molecule has 6 nitrogen and oxygen atoms in total. The van der Waals surface area contributed by atoms with E-state index < -0.39 is 64.4 Å². The molecule has 3 atom stereocenters. The molecular formula is C32H28F6O6. The molecule has 0 radical (unpaired) electrons. The maximum atomic E-state index is 15.2. The molecule has 2 N–H and O–H groups in total. The van der Waals surface area contributed by atoms with Gasteiger partial charge in [-0.25, -0.2) is 13.2 Å². The Labute approximate surface area is 248 Å². The number of carboxylic acids is 1. The van der Waals surface area contributed by atoms with Gasteiger partial charge in [0, 0.05) is 35.6 Å². The van der Waals surface area contributed by atoms with Crippen molar-refractivity contribution in [2.24, 2.45) is 11.8 Å². The van der Waals surface area contributed by atoms with Gasteiger partial charge < -0.3 is 24.4 Å². The molecule has 3 unspecified atom stereocenters. The number of alkyl halides is 3. The molecule has 44 heavy (non-hydrogen) atoms. The van der Waals surface area contributed by atoms with Gasteiger partial charge in [0.05, 0.1) is 36.9 Å². The van der Waals surface area contributed by atoms with Crippen LogP contribution in [-0.2, 0) is 35.2 Å². The molecule has 0 bridgehead atoms. The van der Waals surface area contributed by atoms with Gasteiger partial charge in [0.1, 0.15) is 41.2 Å². The fourth-order valence-electron chi connectivity index (χ4n) is 6.28. The maximum absolute atomic E-state index is 15.2. The van der Waals surface area contributed by atoms with Crippen molar-refractivity contribution in [3.05, 3.63) is 81.7 Å². The van der Waals surface area contributed by atoms with E-state index in [2.05, 4.69) is 0 Å². The highest BCUT2D eigenvalue weighted by Crippen LogP contribution is 2.62. The third-order valence-electron chi connectivity index (χ3n) is 8.71. The third-order valence-corrected chi connectivity index (χ3v) is 8.71. The van der Waals surface area contributed by atoms with E-state index >= 15 is 13.2 Å². The van der Waals surface area contributed by atoms with Crippen LogP contribution in [0.3, 0.4) is 0 Å². The van der Waals surface area contributed by atoms with Crippen molar-refractivity contribution in [1.82, 2.24) is 0 Å². The van der Waals surface area contributed by atoms with Crippen LogP contribution in [0.5, 0.6) is 11.5 Å². The molecule has 12 heteroatoms. The Morgan fingerprint density at radius 2 is 1.70 bits per heavy atom. The first-order valence-electron chi connectivity index (χ1n) is 14.1. The molecule has 3 aromatic rings. The number of fused-ring (bicyclic) bond motifs is 3. The van der Waals surface area contributed by atoms with Crippen molar-refractivity contribution in [3.63, 3.8) is 0 Å². The van der Waals surface area contributed by atoms with Crippen LogP contribution in [0.2, 0.25) is 0 Å². The normalized spacial score (nSPS) is 21.3. The summed E-state index contributed by atoms with van der Waals surface area (Å²) >= 11 is 0. The molecule has 2 aliphatic carbocycles. The van der Waals surface area contributed by atoms with E-state index in [0.717, 1.165) is 34.9 Å². The van der Waals surface area contributed by atoms with Crippen LogP contribution in [-0.4, -0.2) is 41.6 Å². The fourth-order valence-corrected chi connectivity index (χ4v) is 6.28. The van der Waals surface area contributed by atoms with Crippen LogP contribution in [0, 0.1) is 29.3 Å². The molecule has 6 rings (SSSR count). The van der Waals surface area contributed by atoms with E-state index in [4.69, 9.17) is 14.2 Å². The second-order valence-electron chi connectivity index (χ2n) is 11.6. The Balaban J connectivity index is 1.27. The van der Waals surface area contributed by atoms with Crippen LogP contribution in [0.4, 0.5) is 26.3 Å². The maximum Gasteiger partial charge on any atom is 0.417 e. The number of ether oxygens (including phenoxy) is 3. The first-order chi connectivity index (χ1) is 20.8. The number of carboxylic acid groups (broad SMARTS) is 1. The zero-order chi connectivity index (χ0) is 31.6. The first kappa shape index (κ1) is 30.3. The monoisotopic (exact) mass is 622 g/mol. The summed E-state index contributed by atoms with van der Waals surface area (Å²) in [6, 6.07) is 6.01. The van der Waals surface area contributed by atoms with E-state index in [1.165, 1.54) is 0 Å². The van der Waals surface area contributed by atoms with Crippen molar-refractivity contribution in [1.29, 1.82) is 0 Å². The minimum atomic E-state index is -5.13. The van der Waals surface area contributed by atoms with E-state index in [0.29, 0.717) is 18.6 Å². The van der Waals surface area contributed by atoms with Gasteiger partial charge in [-0.2, -0.15) is 13.2 Å². The highest BCUT2D eigenvalue weighted by molar-refractivity contribution is 5.78. The van der Waals surface area contributed by atoms with Crippen molar-refractivity contribution in [3.8, 4) is 22.6 Å². The topological polar surface area (TPSA) is 85.2 Å². The predicted octanol–water partition coefficient (Wildman–Crippen LogP) is 6.43. The SMILES string of the molecule is CCc1cc2c(cc1OCc1cc(-c3c(F)cc(OCCC4(O)COC4)cc3F)c(C(F)(F)F)cc1F)CC1C(C(=O)O)C21. The molecule has 1 saturated heterocycles. The Bertz CT molecular complexity index is 1610. The number of halogens is 6. The molecule has 1 saturated carbocycles. The number of aliphatic hydroxyl groups is 1. The molecule has 3 aliphatic rings. The molecule has 1 aliphatic heterocycles. The molecule has 0 aromatic heterocycles. The largest absolute Gasteiger partial charge is 0.493 e. The van der Waals surface area contributed by atoms with Gasteiger partial charge >= 0.3 is 12.1 Å². The van der Waals surface area contributed by atoms with E-state index in [1.54, 1.807) is 6.07 Å². The number of rotatable bonds is 10. The van der Waals surface area contributed by atoms with E-state index in [9.17, 15) is 28.2 Å². The minimum Gasteiger partial charge on any atom is -0.493 e. The first-order valence-corrected chi connectivity index (χ1v) is 14.1. The zero-order valence-corrected chi connectivity index (χ0v) is 23.4. The molecule has 0 amide bonds. The van der Waals surface area contributed by atoms with Gasteiger partial charge in [-0.15, -0.1) is 0 Å². The van der Waals surface area contributed by atoms with E-state index in [1.807, 2.05) is 13.0 Å². The van der Waals surface area contributed by atoms with Crippen molar-refractivity contribution in [2.75, 3.05) is 19.8 Å². The minimum absolute atomic E-state index is 0.00242. The molecule has 234 valence electrons. The number of hydrogen-bond acceptors (Lipinski definition) is 5. The standard InChI is InChI=1S/C32H28F6O6/c1-2-15-5-19-16(6-21-27(19)29(21)30(39)40)8-26(15)44-12-17-7-20(22(11-23(17)33)32(36,37)38)28-24(34)9-18(10-25(28)35)43-4-3-31(41)13-42-14-31/h5,7-11,21,27,29,41H,2-4,6,12-14H2,1H3,(H,39,40). The lowest BCUT2D eigenvalue weighted by molar-refractivity contribution is -0.184. The molecule has 1 heterocycles. The van der Waals surface area contributed by atoms with Gasteiger partial charge in [-0.1, -0.05) is 13.0 Å². The number of aryl methyl sites for hydroxylation is 1. The summed E-state index contributed by atoms with van der Waals surface area (Å²) < 4.78 is 103. The Morgan fingerprint density at radius 3 is 2.30 bits per heavy atom. The molecule has 3 aromatic carbocycles. The van der Waals surface area contributed by atoms with Crippen LogP contribution in [0.1, 0.15) is 47.1 Å². The van der Waals surface area contributed by atoms with E-state index in [-0.39, 0.29) is 55.5 Å². The summed E-state index contributed by atoms with van der Waals surface area (Å²) in [4.78, 5) is 11.5. The molecule has 2 fully saturated rings. The van der Waals surface area contributed by atoms with Crippen molar-refractivity contribution in [2.45, 2.75) is 50.5 Å². The van der Waals surface area contributed by atoms with Gasteiger partial charge in [-0.05, 0) is 53.6 Å². The van der Waals surface area contributed by atoms with Gasteiger partial charge in [-0.3, -0.25) is 4.79 Å². The second-order valence-corrected chi connectivity index (χ2v) is 11.6. The average molecular weight is 623 g/mol. The summed E-state index contributed by atoms with van der Waals surface area (Å²) in [6.07, 6.45) is -3.97. The van der Waals surface area contributed by atoms with Crippen LogP contribution in [0.25, 0.3) is 11.1 Å². The van der Waals surface area contributed by atoms with Crippen molar-refractivity contribution < 1.29 is 55.6 Å². The smallest absolute Gasteiger partial charge is 0.417 e. The second kappa shape index (κ2) is 11.0. The quantitative estimate of drug-likeness (QED) is 0.254. The Morgan fingerprint density at radius 1 is 1.00 bits per heavy atom. The number of hydrogen-bond donors (Lipinski definition) is 2. The predicted molar refractivity (Wildman–Crippen MR) is 144 cm³/mol. The summed E-state index contributed by atoms with van der Waals surface area (Å²) in [6.45, 7) is 1.39. The molecule has 0 spiro atoms. The highest BCUT2D eigenvalue weighted by atomic mass is 19.4. The van der Waals surface area contributed by atoms with Gasteiger partial charge in [0.2, 0.25) is 0 Å².